The first-order valence-corrected chi connectivity index (χ1v) is 7.59. The molecule has 3 aromatic rings. The number of anilines is 1. The van der Waals surface area contributed by atoms with Crippen LogP contribution in [-0.4, -0.2) is 16.0 Å². The fourth-order valence-electron chi connectivity index (χ4n) is 2.14. The van der Waals surface area contributed by atoms with E-state index in [0.29, 0.717) is 5.13 Å². The van der Waals surface area contributed by atoms with Gasteiger partial charge in [0.1, 0.15) is 5.75 Å². The average Bonchev–Trinajstić information content (AvgIpc) is 2.89. The third-order valence-corrected chi connectivity index (χ3v) is 4.10. The minimum atomic E-state index is -0.369. The Bertz CT molecular complexity index is 813. The number of aryl methyl sites for hydroxylation is 1. The number of aromatic nitrogens is 1. The van der Waals surface area contributed by atoms with E-state index in [1.807, 2.05) is 37.3 Å². The van der Waals surface area contributed by atoms with Crippen molar-refractivity contribution in [3.05, 3.63) is 65.0 Å². The van der Waals surface area contributed by atoms with E-state index in [-0.39, 0.29) is 17.2 Å². The first-order chi connectivity index (χ1) is 10.6. The van der Waals surface area contributed by atoms with Gasteiger partial charge in [0.05, 0.1) is 11.3 Å². The van der Waals surface area contributed by atoms with Gasteiger partial charge in [-0.25, -0.2) is 4.98 Å². The number of phenolic OH excluding ortho intramolecular Hbond substituents is 1. The van der Waals surface area contributed by atoms with Gasteiger partial charge in [-0.2, -0.15) is 0 Å². The molecule has 110 valence electrons. The van der Waals surface area contributed by atoms with Gasteiger partial charge in [-0.15, -0.1) is 11.3 Å². The monoisotopic (exact) mass is 310 g/mol. The quantitative estimate of drug-likeness (QED) is 0.766. The number of thiazole rings is 1. The first kappa shape index (κ1) is 14.3. The Hall–Kier alpha value is -2.66. The predicted molar refractivity (Wildman–Crippen MR) is 88.3 cm³/mol. The van der Waals surface area contributed by atoms with Crippen molar-refractivity contribution >= 4 is 22.4 Å². The second kappa shape index (κ2) is 5.99. The Labute approximate surface area is 132 Å². The van der Waals surface area contributed by atoms with Crippen LogP contribution in [0.3, 0.4) is 0 Å². The minimum absolute atomic E-state index is 0.0449. The zero-order chi connectivity index (χ0) is 15.5. The second-order valence-corrected chi connectivity index (χ2v) is 5.96. The molecule has 0 unspecified atom stereocenters. The summed E-state index contributed by atoms with van der Waals surface area (Å²) in [6.07, 6.45) is 0. The van der Waals surface area contributed by atoms with E-state index in [1.54, 1.807) is 18.2 Å². The number of hydrogen-bond acceptors (Lipinski definition) is 4. The largest absolute Gasteiger partial charge is 0.507 e. The second-order valence-electron chi connectivity index (χ2n) is 4.76. The maximum Gasteiger partial charge on any atom is 0.261 e. The molecule has 1 aromatic heterocycles. The number of amides is 1. The standard InChI is InChI=1S/C17H14N2O2S/c1-11-15(12-7-3-2-4-8-12)18-17(22-11)19-16(21)13-9-5-6-10-14(13)20/h2-10,20H,1H3,(H,18,19,21). The molecule has 22 heavy (non-hydrogen) atoms. The molecule has 1 heterocycles. The highest BCUT2D eigenvalue weighted by atomic mass is 32.1. The number of para-hydroxylation sites is 1. The summed E-state index contributed by atoms with van der Waals surface area (Å²) in [5, 5.41) is 13.0. The van der Waals surface area contributed by atoms with Crippen LogP contribution in [0.2, 0.25) is 0 Å². The Morgan fingerprint density at radius 3 is 2.50 bits per heavy atom. The van der Waals surface area contributed by atoms with E-state index in [2.05, 4.69) is 10.3 Å². The molecule has 0 aliphatic rings. The number of rotatable bonds is 3. The molecule has 5 heteroatoms. The van der Waals surface area contributed by atoms with Gasteiger partial charge in [-0.1, -0.05) is 42.5 Å². The molecular weight excluding hydrogens is 296 g/mol. The molecule has 0 aliphatic heterocycles. The lowest BCUT2D eigenvalue weighted by molar-refractivity contribution is 0.102. The van der Waals surface area contributed by atoms with Gasteiger partial charge in [0, 0.05) is 10.4 Å². The van der Waals surface area contributed by atoms with Crippen LogP contribution in [0.25, 0.3) is 11.3 Å². The molecule has 0 radical (unpaired) electrons. The molecule has 0 fully saturated rings. The van der Waals surface area contributed by atoms with Crippen LogP contribution in [0.15, 0.2) is 54.6 Å². The molecule has 0 spiro atoms. The zero-order valence-corrected chi connectivity index (χ0v) is 12.7. The Morgan fingerprint density at radius 1 is 1.09 bits per heavy atom. The molecule has 0 saturated carbocycles. The number of nitrogens with zero attached hydrogens (tertiary/aromatic N) is 1. The van der Waals surface area contributed by atoms with E-state index in [1.165, 1.54) is 17.4 Å². The Balaban J connectivity index is 1.86. The summed E-state index contributed by atoms with van der Waals surface area (Å²) in [6.45, 7) is 1.97. The Morgan fingerprint density at radius 2 is 1.77 bits per heavy atom. The van der Waals surface area contributed by atoms with Crippen molar-refractivity contribution in [3.8, 4) is 17.0 Å². The highest BCUT2D eigenvalue weighted by molar-refractivity contribution is 7.16. The third kappa shape index (κ3) is 2.84. The van der Waals surface area contributed by atoms with Crippen LogP contribution in [0.4, 0.5) is 5.13 Å². The van der Waals surface area contributed by atoms with E-state index >= 15 is 0 Å². The Kier molecular flexibility index (Phi) is 3.89. The van der Waals surface area contributed by atoms with E-state index in [0.717, 1.165) is 16.1 Å². The number of hydrogen-bond donors (Lipinski definition) is 2. The first-order valence-electron chi connectivity index (χ1n) is 6.77. The lowest BCUT2D eigenvalue weighted by Crippen LogP contribution is -2.11. The van der Waals surface area contributed by atoms with Crippen LogP contribution >= 0.6 is 11.3 Å². The van der Waals surface area contributed by atoms with Gasteiger partial charge in [0.15, 0.2) is 5.13 Å². The summed E-state index contributed by atoms with van der Waals surface area (Å²) in [4.78, 5) is 17.7. The van der Waals surface area contributed by atoms with Crippen molar-refractivity contribution in [3.63, 3.8) is 0 Å². The van der Waals surface area contributed by atoms with Gasteiger partial charge in [0.2, 0.25) is 0 Å². The summed E-state index contributed by atoms with van der Waals surface area (Å²) in [5.74, 6) is -0.414. The van der Waals surface area contributed by atoms with Crippen molar-refractivity contribution in [1.29, 1.82) is 0 Å². The van der Waals surface area contributed by atoms with Gasteiger partial charge in [-0.3, -0.25) is 10.1 Å². The fourth-order valence-corrected chi connectivity index (χ4v) is 2.97. The van der Waals surface area contributed by atoms with E-state index in [9.17, 15) is 9.90 Å². The predicted octanol–water partition coefficient (Wildman–Crippen LogP) is 4.08. The third-order valence-electron chi connectivity index (χ3n) is 3.21. The van der Waals surface area contributed by atoms with Crippen molar-refractivity contribution in [1.82, 2.24) is 4.98 Å². The fraction of sp³-hybridized carbons (Fsp3) is 0.0588. The van der Waals surface area contributed by atoms with Gasteiger partial charge in [-0.05, 0) is 19.1 Å². The van der Waals surface area contributed by atoms with Crippen LogP contribution in [-0.2, 0) is 0 Å². The normalized spacial score (nSPS) is 10.4. The van der Waals surface area contributed by atoms with Crippen molar-refractivity contribution in [2.45, 2.75) is 6.92 Å². The summed E-state index contributed by atoms with van der Waals surface area (Å²) in [7, 11) is 0. The topological polar surface area (TPSA) is 62.2 Å². The number of carbonyl (C=O) groups is 1. The van der Waals surface area contributed by atoms with Gasteiger partial charge in [0.25, 0.3) is 5.91 Å². The van der Waals surface area contributed by atoms with Gasteiger partial charge >= 0.3 is 0 Å². The van der Waals surface area contributed by atoms with Gasteiger partial charge < -0.3 is 5.11 Å². The smallest absolute Gasteiger partial charge is 0.261 e. The molecule has 0 saturated heterocycles. The summed E-state index contributed by atoms with van der Waals surface area (Å²) in [6, 6.07) is 16.3. The number of aromatic hydroxyl groups is 1. The van der Waals surface area contributed by atoms with Crippen molar-refractivity contribution in [2.24, 2.45) is 0 Å². The zero-order valence-electron chi connectivity index (χ0n) is 11.9. The summed E-state index contributed by atoms with van der Waals surface area (Å²) < 4.78 is 0. The molecule has 1 amide bonds. The summed E-state index contributed by atoms with van der Waals surface area (Å²) >= 11 is 1.41. The SMILES string of the molecule is Cc1sc(NC(=O)c2ccccc2O)nc1-c1ccccc1. The number of carbonyl (C=O) groups excluding carboxylic acids is 1. The molecule has 2 aromatic carbocycles. The molecule has 2 N–H and O–H groups in total. The minimum Gasteiger partial charge on any atom is -0.507 e. The molecule has 3 rings (SSSR count). The maximum absolute atomic E-state index is 12.2. The van der Waals surface area contributed by atoms with E-state index in [4.69, 9.17) is 0 Å². The lowest BCUT2D eigenvalue weighted by atomic mass is 10.1. The molecular formula is C17H14N2O2S. The molecule has 0 aliphatic carbocycles. The van der Waals surface area contributed by atoms with Crippen LogP contribution < -0.4 is 5.32 Å². The molecule has 0 atom stereocenters. The lowest BCUT2D eigenvalue weighted by Gasteiger charge is -2.03. The van der Waals surface area contributed by atoms with Crippen LogP contribution in [0.5, 0.6) is 5.75 Å². The van der Waals surface area contributed by atoms with Crippen molar-refractivity contribution < 1.29 is 9.90 Å². The van der Waals surface area contributed by atoms with Crippen molar-refractivity contribution in [2.75, 3.05) is 5.32 Å². The highest BCUT2D eigenvalue weighted by Crippen LogP contribution is 2.30. The molecule has 4 nitrogen and oxygen atoms in total. The summed E-state index contributed by atoms with van der Waals surface area (Å²) in [5.41, 5.74) is 2.11. The number of nitrogens with one attached hydrogen (secondary N) is 1. The highest BCUT2D eigenvalue weighted by Gasteiger charge is 2.14. The number of phenols is 1. The average molecular weight is 310 g/mol. The van der Waals surface area contributed by atoms with Crippen LogP contribution in [0, 0.1) is 6.92 Å². The number of benzene rings is 2. The van der Waals surface area contributed by atoms with Crippen LogP contribution in [0.1, 0.15) is 15.2 Å². The molecule has 0 bridgehead atoms. The van der Waals surface area contributed by atoms with E-state index < -0.39 is 0 Å². The maximum atomic E-state index is 12.2.